The third-order valence-electron chi connectivity index (χ3n) is 3.15. The van der Waals surface area contributed by atoms with Crippen molar-refractivity contribution in [1.82, 2.24) is 0 Å². The Labute approximate surface area is 108 Å². The molecule has 0 radical (unpaired) electrons. The van der Waals surface area contributed by atoms with Gasteiger partial charge in [0.25, 0.3) is 0 Å². The Morgan fingerprint density at radius 1 is 1.06 bits per heavy atom. The quantitative estimate of drug-likeness (QED) is 0.856. The Hall–Kier alpha value is -1.86. The van der Waals surface area contributed by atoms with Gasteiger partial charge in [-0.3, -0.25) is 0 Å². The molecule has 18 heavy (non-hydrogen) atoms. The third kappa shape index (κ3) is 2.69. The molecule has 0 unspecified atom stereocenters. The summed E-state index contributed by atoms with van der Waals surface area (Å²) >= 11 is 0. The molecule has 0 fully saturated rings. The van der Waals surface area contributed by atoms with Crippen LogP contribution in [0.3, 0.4) is 0 Å². The van der Waals surface area contributed by atoms with Gasteiger partial charge >= 0.3 is 0 Å². The van der Waals surface area contributed by atoms with E-state index < -0.39 is 0 Å². The molecule has 0 amide bonds. The van der Waals surface area contributed by atoms with Crippen LogP contribution in [0.1, 0.15) is 18.1 Å². The van der Waals surface area contributed by atoms with Crippen molar-refractivity contribution in [3.05, 3.63) is 66.2 Å². The Balaban J connectivity index is 2.31. The first kappa shape index (κ1) is 12.6. The number of aliphatic hydroxyl groups is 1. The summed E-state index contributed by atoms with van der Waals surface area (Å²) in [5.41, 5.74) is 5.52. The van der Waals surface area contributed by atoms with Gasteiger partial charge < -0.3 is 5.11 Å². The van der Waals surface area contributed by atoms with E-state index in [1.165, 1.54) is 16.7 Å². The fraction of sp³-hybridized carbons (Fsp3) is 0.176. The highest BCUT2D eigenvalue weighted by atomic mass is 16.3. The lowest BCUT2D eigenvalue weighted by Gasteiger charge is -2.06. The summed E-state index contributed by atoms with van der Waals surface area (Å²) in [6.45, 7) is 5.99. The highest BCUT2D eigenvalue weighted by molar-refractivity contribution is 5.70. The molecule has 0 spiro atoms. The van der Waals surface area contributed by atoms with Crippen LogP contribution in [0.15, 0.2) is 55.1 Å². The molecule has 0 aliphatic carbocycles. The number of rotatable bonds is 4. The van der Waals surface area contributed by atoms with Gasteiger partial charge in [0.2, 0.25) is 0 Å². The zero-order valence-corrected chi connectivity index (χ0v) is 10.7. The minimum absolute atomic E-state index is 0.00463. The Morgan fingerprint density at radius 2 is 1.78 bits per heavy atom. The molecule has 2 aromatic rings. The topological polar surface area (TPSA) is 20.2 Å². The van der Waals surface area contributed by atoms with E-state index in [-0.39, 0.29) is 6.61 Å². The summed E-state index contributed by atoms with van der Waals surface area (Å²) < 4.78 is 0. The van der Waals surface area contributed by atoms with E-state index in [0.29, 0.717) is 0 Å². The summed E-state index contributed by atoms with van der Waals surface area (Å²) in [4.78, 5) is 0. The predicted molar refractivity (Wildman–Crippen MR) is 77.4 cm³/mol. The molecule has 0 heterocycles. The molecule has 0 saturated carbocycles. The smallest absolute Gasteiger partial charge is 0.0681 e. The van der Waals surface area contributed by atoms with Crippen LogP contribution >= 0.6 is 0 Å². The van der Waals surface area contributed by atoms with Crippen molar-refractivity contribution in [3.8, 4) is 11.1 Å². The van der Waals surface area contributed by atoms with E-state index in [4.69, 9.17) is 5.11 Å². The molecule has 0 aliphatic heterocycles. The van der Waals surface area contributed by atoms with Crippen LogP contribution in [-0.2, 0) is 6.42 Å². The van der Waals surface area contributed by atoms with Gasteiger partial charge in [-0.1, -0.05) is 62.0 Å². The minimum atomic E-state index is 0.00463. The van der Waals surface area contributed by atoms with Crippen molar-refractivity contribution in [2.45, 2.75) is 13.3 Å². The van der Waals surface area contributed by atoms with Gasteiger partial charge in [0, 0.05) is 0 Å². The summed E-state index contributed by atoms with van der Waals surface area (Å²) in [6, 6.07) is 16.7. The van der Waals surface area contributed by atoms with Gasteiger partial charge in [-0.15, -0.1) is 0 Å². The number of aryl methyl sites for hydroxylation is 1. The highest BCUT2D eigenvalue weighted by Crippen LogP contribution is 2.23. The van der Waals surface area contributed by atoms with Gasteiger partial charge in [-0.25, -0.2) is 0 Å². The number of aliphatic hydroxyl groups excluding tert-OH is 1. The molecule has 0 bridgehead atoms. The van der Waals surface area contributed by atoms with E-state index in [1.54, 1.807) is 0 Å². The third-order valence-corrected chi connectivity index (χ3v) is 3.15. The Kier molecular flexibility index (Phi) is 3.96. The number of hydrogen-bond acceptors (Lipinski definition) is 1. The zero-order chi connectivity index (χ0) is 13.0. The summed E-state index contributed by atoms with van der Waals surface area (Å²) in [6.07, 6.45) is 1.05. The van der Waals surface area contributed by atoms with Crippen LogP contribution in [0.4, 0.5) is 0 Å². The van der Waals surface area contributed by atoms with Crippen LogP contribution in [-0.4, -0.2) is 11.7 Å². The maximum Gasteiger partial charge on any atom is 0.0681 e. The summed E-state index contributed by atoms with van der Waals surface area (Å²) in [7, 11) is 0. The maximum absolute atomic E-state index is 9.04. The van der Waals surface area contributed by atoms with Crippen molar-refractivity contribution >= 4 is 5.57 Å². The SMILES string of the molecule is C=C(CO)c1ccc(-c2cccc(CC)c2)cc1. The van der Waals surface area contributed by atoms with Gasteiger partial charge in [0.05, 0.1) is 6.61 Å². The summed E-state index contributed by atoms with van der Waals surface area (Å²) in [5.74, 6) is 0. The van der Waals surface area contributed by atoms with E-state index >= 15 is 0 Å². The van der Waals surface area contributed by atoms with Crippen LogP contribution in [0.5, 0.6) is 0 Å². The van der Waals surface area contributed by atoms with Crippen LogP contribution in [0.2, 0.25) is 0 Å². The van der Waals surface area contributed by atoms with E-state index in [2.05, 4.69) is 49.9 Å². The molecule has 2 aromatic carbocycles. The normalized spacial score (nSPS) is 10.3. The minimum Gasteiger partial charge on any atom is -0.392 e. The first-order chi connectivity index (χ1) is 8.74. The second kappa shape index (κ2) is 5.65. The molecule has 1 N–H and O–H groups in total. The second-order valence-corrected chi connectivity index (χ2v) is 4.39. The standard InChI is InChI=1S/C17H18O/c1-3-14-5-4-6-17(11-14)16-9-7-15(8-10-16)13(2)12-18/h4-11,18H,2-3,12H2,1H3. The van der Waals surface area contributed by atoms with Gasteiger partial charge in [-0.05, 0) is 34.2 Å². The molecule has 1 heteroatoms. The Morgan fingerprint density at radius 3 is 2.39 bits per heavy atom. The average Bonchev–Trinajstić information content (AvgIpc) is 2.46. The van der Waals surface area contributed by atoms with Gasteiger partial charge in [-0.2, -0.15) is 0 Å². The fourth-order valence-electron chi connectivity index (χ4n) is 1.96. The molecule has 92 valence electrons. The molecule has 0 aliphatic rings. The lowest BCUT2D eigenvalue weighted by molar-refractivity contribution is 0.350. The lowest BCUT2D eigenvalue weighted by atomic mass is 9.99. The maximum atomic E-state index is 9.04. The van der Waals surface area contributed by atoms with Crippen molar-refractivity contribution in [2.24, 2.45) is 0 Å². The van der Waals surface area contributed by atoms with Crippen LogP contribution in [0.25, 0.3) is 16.7 Å². The first-order valence-corrected chi connectivity index (χ1v) is 6.23. The predicted octanol–water partition coefficient (Wildman–Crippen LogP) is 3.92. The molecule has 0 saturated heterocycles. The fourth-order valence-corrected chi connectivity index (χ4v) is 1.96. The largest absolute Gasteiger partial charge is 0.392 e. The zero-order valence-electron chi connectivity index (χ0n) is 10.7. The average molecular weight is 238 g/mol. The number of hydrogen-bond donors (Lipinski definition) is 1. The van der Waals surface area contributed by atoms with Crippen LogP contribution in [0, 0.1) is 0 Å². The van der Waals surface area contributed by atoms with Gasteiger partial charge in [0.1, 0.15) is 0 Å². The van der Waals surface area contributed by atoms with E-state index in [1.807, 2.05) is 12.1 Å². The second-order valence-electron chi connectivity index (χ2n) is 4.39. The first-order valence-electron chi connectivity index (χ1n) is 6.23. The van der Waals surface area contributed by atoms with Crippen LogP contribution < -0.4 is 0 Å². The van der Waals surface area contributed by atoms with Crippen molar-refractivity contribution in [1.29, 1.82) is 0 Å². The van der Waals surface area contributed by atoms with E-state index in [9.17, 15) is 0 Å². The lowest BCUT2D eigenvalue weighted by Crippen LogP contribution is -1.88. The number of benzene rings is 2. The summed E-state index contributed by atoms with van der Waals surface area (Å²) in [5, 5.41) is 9.04. The monoisotopic (exact) mass is 238 g/mol. The van der Waals surface area contributed by atoms with E-state index in [0.717, 1.165) is 17.6 Å². The molecular formula is C17H18O. The van der Waals surface area contributed by atoms with Crippen molar-refractivity contribution in [2.75, 3.05) is 6.61 Å². The molecule has 0 aromatic heterocycles. The van der Waals surface area contributed by atoms with Crippen molar-refractivity contribution < 1.29 is 5.11 Å². The molecule has 0 atom stereocenters. The Bertz CT molecular complexity index is 538. The van der Waals surface area contributed by atoms with Gasteiger partial charge in [0.15, 0.2) is 0 Å². The highest BCUT2D eigenvalue weighted by Gasteiger charge is 2.01. The molecule has 2 rings (SSSR count). The molecular weight excluding hydrogens is 220 g/mol. The molecule has 1 nitrogen and oxygen atoms in total. The van der Waals surface area contributed by atoms with Crippen molar-refractivity contribution in [3.63, 3.8) is 0 Å².